The molecule has 4 atom stereocenters. The number of methoxy groups -OCH3 is 1. The van der Waals surface area contributed by atoms with Crippen molar-refractivity contribution in [3.63, 3.8) is 0 Å². The zero-order chi connectivity index (χ0) is 13.3. The summed E-state index contributed by atoms with van der Waals surface area (Å²) >= 11 is 0. The fraction of sp³-hybridized carbons (Fsp3) is 0.929. The molecular weight excluding hydrogens is 353 g/mol. The van der Waals surface area contributed by atoms with Crippen LogP contribution in [-0.4, -0.2) is 38.8 Å². The highest BCUT2D eigenvalue weighted by Crippen LogP contribution is 2.42. The predicted molar refractivity (Wildman–Crippen MR) is 90.2 cm³/mol. The molecule has 0 saturated heterocycles. The number of hydrogen-bond donors (Lipinski definition) is 2. The van der Waals surface area contributed by atoms with Crippen LogP contribution >= 0.6 is 24.0 Å². The Bertz CT molecular complexity index is 333. The molecule has 0 heterocycles. The summed E-state index contributed by atoms with van der Waals surface area (Å²) in [5.74, 6) is 2.65. The van der Waals surface area contributed by atoms with Crippen LogP contribution in [0.15, 0.2) is 4.99 Å². The van der Waals surface area contributed by atoms with Gasteiger partial charge in [-0.15, -0.1) is 24.0 Å². The minimum Gasteiger partial charge on any atom is -0.381 e. The van der Waals surface area contributed by atoms with Crippen molar-refractivity contribution in [2.45, 2.75) is 45.8 Å². The second kappa shape index (κ2) is 6.61. The number of aliphatic imine (C=N–C) groups is 1. The number of hydrogen-bond acceptors (Lipinski definition) is 2. The highest BCUT2D eigenvalue weighted by Gasteiger charge is 2.49. The molecule has 0 radical (unpaired) electrons. The smallest absolute Gasteiger partial charge is 0.191 e. The van der Waals surface area contributed by atoms with Gasteiger partial charge in [0, 0.05) is 32.2 Å². The van der Waals surface area contributed by atoms with Crippen LogP contribution in [0.1, 0.15) is 33.6 Å². The molecule has 19 heavy (non-hydrogen) atoms. The molecule has 2 N–H and O–H groups in total. The van der Waals surface area contributed by atoms with E-state index in [1.54, 1.807) is 7.11 Å². The van der Waals surface area contributed by atoms with Crippen LogP contribution in [-0.2, 0) is 4.74 Å². The zero-order valence-electron chi connectivity index (χ0n) is 12.7. The Hall–Kier alpha value is -0.0400. The summed E-state index contributed by atoms with van der Waals surface area (Å²) in [7, 11) is 3.63. The molecule has 5 heteroatoms. The fourth-order valence-corrected chi connectivity index (χ4v) is 2.80. The summed E-state index contributed by atoms with van der Waals surface area (Å²) in [4.78, 5) is 4.30. The van der Waals surface area contributed by atoms with Crippen molar-refractivity contribution >= 4 is 29.9 Å². The number of halogens is 1. The van der Waals surface area contributed by atoms with Crippen LogP contribution in [0.25, 0.3) is 0 Å². The number of ether oxygens (including phenoxy) is 1. The van der Waals surface area contributed by atoms with E-state index in [2.05, 4.69) is 36.4 Å². The van der Waals surface area contributed by atoms with Crippen LogP contribution < -0.4 is 10.6 Å². The molecule has 0 aliphatic heterocycles. The Kier molecular flexibility index (Phi) is 5.92. The van der Waals surface area contributed by atoms with E-state index in [1.807, 2.05) is 7.05 Å². The summed E-state index contributed by atoms with van der Waals surface area (Å²) in [6.45, 7) is 7.85. The molecule has 0 aromatic carbocycles. The Morgan fingerprint density at radius 2 is 2.00 bits per heavy atom. The number of guanidine groups is 1. The second-order valence-electron chi connectivity index (χ2n) is 6.40. The van der Waals surface area contributed by atoms with Gasteiger partial charge in [-0.2, -0.15) is 0 Å². The van der Waals surface area contributed by atoms with Gasteiger partial charge < -0.3 is 15.4 Å². The monoisotopic (exact) mass is 381 g/mol. The molecule has 2 rings (SSSR count). The Labute approximate surface area is 134 Å². The van der Waals surface area contributed by atoms with Crippen molar-refractivity contribution in [2.24, 2.45) is 22.2 Å². The second-order valence-corrected chi connectivity index (χ2v) is 6.40. The standard InChI is InChI=1S/C14H27N3O.HI/c1-9-6-10(9)8-16-13(15-4)17-11-7-12(18-5)14(11,2)3;/h9-12H,6-8H2,1-5H3,(H2,15,16,17);1H. The Morgan fingerprint density at radius 1 is 1.37 bits per heavy atom. The van der Waals surface area contributed by atoms with Gasteiger partial charge in [-0.25, -0.2) is 0 Å². The van der Waals surface area contributed by atoms with Crippen molar-refractivity contribution in [1.82, 2.24) is 10.6 Å². The molecule has 2 aliphatic carbocycles. The molecule has 2 aliphatic rings. The quantitative estimate of drug-likeness (QED) is 0.446. The van der Waals surface area contributed by atoms with Crippen LogP contribution in [0.2, 0.25) is 0 Å². The Morgan fingerprint density at radius 3 is 2.42 bits per heavy atom. The molecule has 4 nitrogen and oxygen atoms in total. The van der Waals surface area contributed by atoms with Crippen molar-refractivity contribution < 1.29 is 4.74 Å². The molecule has 4 unspecified atom stereocenters. The maximum atomic E-state index is 5.47. The van der Waals surface area contributed by atoms with Crippen LogP contribution in [0, 0.1) is 17.3 Å². The van der Waals surface area contributed by atoms with Crippen molar-refractivity contribution in [1.29, 1.82) is 0 Å². The minimum atomic E-state index is 0. The first-order chi connectivity index (χ1) is 8.48. The van der Waals surface area contributed by atoms with Gasteiger partial charge in [0.05, 0.1) is 6.10 Å². The zero-order valence-corrected chi connectivity index (χ0v) is 15.0. The van der Waals surface area contributed by atoms with E-state index in [9.17, 15) is 0 Å². The van der Waals surface area contributed by atoms with Crippen molar-refractivity contribution in [3.05, 3.63) is 0 Å². The van der Waals surface area contributed by atoms with E-state index in [1.165, 1.54) is 6.42 Å². The molecule has 2 fully saturated rings. The van der Waals surface area contributed by atoms with E-state index in [-0.39, 0.29) is 29.4 Å². The lowest BCUT2D eigenvalue weighted by Crippen LogP contribution is -2.63. The van der Waals surface area contributed by atoms with E-state index < -0.39 is 0 Å². The SMILES string of the molecule is CN=C(NCC1CC1C)NC1CC(OC)C1(C)C.I. The third kappa shape index (κ3) is 3.74. The third-order valence-electron chi connectivity index (χ3n) is 4.80. The van der Waals surface area contributed by atoms with Gasteiger partial charge in [-0.1, -0.05) is 20.8 Å². The van der Waals surface area contributed by atoms with Crippen LogP contribution in [0.4, 0.5) is 0 Å². The van der Waals surface area contributed by atoms with Gasteiger partial charge >= 0.3 is 0 Å². The maximum absolute atomic E-state index is 5.47. The van der Waals surface area contributed by atoms with Crippen LogP contribution in [0.3, 0.4) is 0 Å². The van der Waals surface area contributed by atoms with Crippen LogP contribution in [0.5, 0.6) is 0 Å². The van der Waals surface area contributed by atoms with Gasteiger partial charge in [0.15, 0.2) is 5.96 Å². The molecule has 0 amide bonds. The van der Waals surface area contributed by atoms with E-state index >= 15 is 0 Å². The average molecular weight is 381 g/mol. The minimum absolute atomic E-state index is 0. The predicted octanol–water partition coefficient (Wildman–Crippen LogP) is 2.24. The third-order valence-corrected chi connectivity index (χ3v) is 4.80. The van der Waals surface area contributed by atoms with E-state index in [0.717, 1.165) is 30.8 Å². The van der Waals surface area contributed by atoms with Gasteiger partial charge in [-0.3, -0.25) is 4.99 Å². The normalized spacial score (nSPS) is 35.9. The highest BCUT2D eigenvalue weighted by atomic mass is 127. The highest BCUT2D eigenvalue weighted by molar-refractivity contribution is 14.0. The van der Waals surface area contributed by atoms with Crippen molar-refractivity contribution in [2.75, 3.05) is 20.7 Å². The molecule has 112 valence electrons. The van der Waals surface area contributed by atoms with E-state index in [4.69, 9.17) is 4.74 Å². The molecule has 2 saturated carbocycles. The lowest BCUT2D eigenvalue weighted by atomic mass is 9.64. The largest absolute Gasteiger partial charge is 0.381 e. The molecular formula is C14H28IN3O. The molecule has 0 bridgehead atoms. The summed E-state index contributed by atoms with van der Waals surface area (Å²) < 4.78 is 5.47. The van der Waals surface area contributed by atoms with Gasteiger partial charge in [0.25, 0.3) is 0 Å². The summed E-state index contributed by atoms with van der Waals surface area (Å²) in [6, 6.07) is 0.449. The van der Waals surface area contributed by atoms with Gasteiger partial charge in [0.1, 0.15) is 0 Å². The summed E-state index contributed by atoms with van der Waals surface area (Å²) in [6.07, 6.45) is 2.77. The molecule has 0 spiro atoms. The Balaban J connectivity index is 0.00000180. The van der Waals surface area contributed by atoms with Crippen molar-refractivity contribution in [3.8, 4) is 0 Å². The lowest BCUT2D eigenvalue weighted by molar-refractivity contribution is -0.0922. The van der Waals surface area contributed by atoms with E-state index in [0.29, 0.717) is 12.1 Å². The first kappa shape index (κ1) is 17.0. The first-order valence-electron chi connectivity index (χ1n) is 6.99. The average Bonchev–Trinajstić information content (AvgIpc) is 3.03. The van der Waals surface area contributed by atoms with Gasteiger partial charge in [0.2, 0.25) is 0 Å². The molecule has 0 aromatic rings. The topological polar surface area (TPSA) is 45.7 Å². The summed E-state index contributed by atoms with van der Waals surface area (Å²) in [5, 5.41) is 6.94. The fourth-order valence-electron chi connectivity index (χ4n) is 2.80. The lowest BCUT2D eigenvalue weighted by Gasteiger charge is -2.51. The number of nitrogens with zero attached hydrogens (tertiary/aromatic N) is 1. The maximum Gasteiger partial charge on any atom is 0.191 e. The number of nitrogens with one attached hydrogen (secondary N) is 2. The van der Waals surface area contributed by atoms with Gasteiger partial charge in [-0.05, 0) is 24.7 Å². The first-order valence-corrected chi connectivity index (χ1v) is 6.99. The molecule has 0 aromatic heterocycles. The summed E-state index contributed by atoms with van der Waals surface area (Å²) in [5.41, 5.74) is 0.180. The number of rotatable bonds is 4.